The molecule has 1 fully saturated rings. The largest absolute Gasteiger partial charge is 0.336 e. The number of likely N-dealkylation sites (tertiary alicyclic amines) is 1. The average molecular weight is 360 g/mol. The predicted octanol–water partition coefficient (Wildman–Crippen LogP) is 3.61. The van der Waals surface area contributed by atoms with Gasteiger partial charge in [-0.05, 0) is 43.4 Å². The highest BCUT2D eigenvalue weighted by atomic mass is 32.1. The van der Waals surface area contributed by atoms with Crippen molar-refractivity contribution in [3.63, 3.8) is 0 Å². The number of nitrogens with one attached hydrogen (secondary N) is 2. The Morgan fingerprint density at radius 3 is 2.76 bits per heavy atom. The first kappa shape index (κ1) is 17.4. The minimum atomic E-state index is -0.483. The zero-order valence-electron chi connectivity index (χ0n) is 13.7. The van der Waals surface area contributed by atoms with Crippen molar-refractivity contribution in [2.24, 2.45) is 0 Å². The van der Waals surface area contributed by atoms with Crippen LogP contribution in [0.3, 0.4) is 0 Å². The second-order valence-corrected chi connectivity index (χ2v) is 6.90. The van der Waals surface area contributed by atoms with Crippen molar-refractivity contribution in [3.05, 3.63) is 56.8 Å². The number of carbonyl (C=O) groups is 1. The van der Waals surface area contributed by atoms with E-state index in [1.165, 1.54) is 29.9 Å². The molecule has 0 radical (unpaired) electrons. The Kier molecular flexibility index (Phi) is 5.62. The van der Waals surface area contributed by atoms with Crippen molar-refractivity contribution < 1.29 is 9.72 Å². The van der Waals surface area contributed by atoms with Crippen LogP contribution in [-0.4, -0.2) is 35.5 Å². The van der Waals surface area contributed by atoms with Gasteiger partial charge in [-0.15, -0.1) is 11.3 Å². The van der Waals surface area contributed by atoms with Gasteiger partial charge in [0.2, 0.25) is 0 Å². The van der Waals surface area contributed by atoms with E-state index in [0.29, 0.717) is 12.2 Å². The highest BCUT2D eigenvalue weighted by Crippen LogP contribution is 2.27. The Balaban J connectivity index is 1.60. The van der Waals surface area contributed by atoms with E-state index in [1.54, 1.807) is 23.5 Å². The summed E-state index contributed by atoms with van der Waals surface area (Å²) in [5, 5.41) is 18.4. The van der Waals surface area contributed by atoms with Gasteiger partial charge in [-0.1, -0.05) is 12.1 Å². The molecule has 7 nitrogen and oxygen atoms in total. The van der Waals surface area contributed by atoms with Crippen LogP contribution >= 0.6 is 11.3 Å². The molecule has 1 unspecified atom stereocenters. The monoisotopic (exact) mass is 360 g/mol. The lowest BCUT2D eigenvalue weighted by atomic mass is 10.2. The molecule has 3 rings (SSSR count). The molecule has 132 valence electrons. The SMILES string of the molecule is O=C(NCC(c1cccs1)N1CCCC1)Nc1cccc([N+](=O)[O-])c1. The van der Waals surface area contributed by atoms with Crippen LogP contribution in [0.1, 0.15) is 23.8 Å². The van der Waals surface area contributed by atoms with Gasteiger partial charge in [0.25, 0.3) is 5.69 Å². The molecule has 1 aliphatic rings. The van der Waals surface area contributed by atoms with Crippen LogP contribution < -0.4 is 10.6 Å². The maximum atomic E-state index is 12.2. The van der Waals surface area contributed by atoms with Crippen LogP contribution in [0.25, 0.3) is 0 Å². The molecule has 2 aromatic rings. The topological polar surface area (TPSA) is 87.5 Å². The van der Waals surface area contributed by atoms with Crippen LogP contribution in [0.2, 0.25) is 0 Å². The fourth-order valence-corrected chi connectivity index (χ4v) is 3.87. The Morgan fingerprint density at radius 2 is 2.08 bits per heavy atom. The number of amides is 2. The molecule has 1 aliphatic heterocycles. The molecule has 1 aromatic carbocycles. The lowest BCUT2D eigenvalue weighted by Crippen LogP contribution is -2.38. The number of anilines is 1. The number of rotatable bonds is 6. The summed E-state index contributed by atoms with van der Waals surface area (Å²) >= 11 is 1.69. The molecule has 0 bridgehead atoms. The standard InChI is InChI=1S/C17H20N4O3S/c22-17(19-13-5-3-6-14(11-13)21(23)24)18-12-15(16-7-4-10-25-16)20-8-1-2-9-20/h3-7,10-11,15H,1-2,8-9,12H2,(H2,18,19,22). The van der Waals surface area contributed by atoms with Crippen molar-refractivity contribution in [1.29, 1.82) is 0 Å². The Morgan fingerprint density at radius 1 is 1.28 bits per heavy atom. The molecule has 1 aromatic heterocycles. The van der Waals surface area contributed by atoms with E-state index in [0.717, 1.165) is 13.1 Å². The molecular formula is C17H20N4O3S. The maximum absolute atomic E-state index is 12.2. The lowest BCUT2D eigenvalue weighted by molar-refractivity contribution is -0.384. The number of thiophene rings is 1. The van der Waals surface area contributed by atoms with Gasteiger partial charge >= 0.3 is 6.03 Å². The smallest absolute Gasteiger partial charge is 0.319 e. The first-order valence-electron chi connectivity index (χ1n) is 8.20. The van der Waals surface area contributed by atoms with E-state index >= 15 is 0 Å². The molecule has 1 atom stereocenters. The lowest BCUT2D eigenvalue weighted by Gasteiger charge is -2.26. The molecule has 1 saturated heterocycles. The Labute approximate surface area is 149 Å². The van der Waals surface area contributed by atoms with Crippen LogP contribution in [0.5, 0.6) is 0 Å². The van der Waals surface area contributed by atoms with Crippen molar-refractivity contribution in [2.45, 2.75) is 18.9 Å². The molecule has 25 heavy (non-hydrogen) atoms. The number of carbonyl (C=O) groups excluding carboxylic acids is 1. The summed E-state index contributed by atoms with van der Waals surface area (Å²) in [6.45, 7) is 2.58. The third-order valence-electron chi connectivity index (χ3n) is 4.22. The first-order chi connectivity index (χ1) is 12.1. The van der Waals surface area contributed by atoms with E-state index in [9.17, 15) is 14.9 Å². The second-order valence-electron chi connectivity index (χ2n) is 5.92. The normalized spacial score (nSPS) is 15.7. The van der Waals surface area contributed by atoms with E-state index in [2.05, 4.69) is 21.6 Å². The molecule has 0 spiro atoms. The van der Waals surface area contributed by atoms with Gasteiger partial charge in [0, 0.05) is 29.2 Å². The minimum absolute atomic E-state index is 0.0497. The minimum Gasteiger partial charge on any atom is -0.336 e. The quantitative estimate of drug-likeness (QED) is 0.608. The Bertz CT molecular complexity index is 729. The van der Waals surface area contributed by atoms with E-state index < -0.39 is 4.92 Å². The van der Waals surface area contributed by atoms with Gasteiger partial charge in [-0.25, -0.2) is 4.79 Å². The first-order valence-corrected chi connectivity index (χ1v) is 9.08. The average Bonchev–Trinajstić information content (AvgIpc) is 3.29. The zero-order chi connectivity index (χ0) is 17.6. The molecule has 0 aliphatic carbocycles. The number of nitro groups is 1. The van der Waals surface area contributed by atoms with E-state index in [-0.39, 0.29) is 17.8 Å². The fraction of sp³-hybridized carbons (Fsp3) is 0.353. The third kappa shape index (κ3) is 4.55. The summed E-state index contributed by atoms with van der Waals surface area (Å²) in [6.07, 6.45) is 2.36. The van der Waals surface area contributed by atoms with Gasteiger partial charge in [0.15, 0.2) is 0 Å². The van der Waals surface area contributed by atoms with Crippen molar-refractivity contribution in [1.82, 2.24) is 10.2 Å². The molecular weight excluding hydrogens is 340 g/mol. The number of nitrogens with zero attached hydrogens (tertiary/aromatic N) is 2. The second kappa shape index (κ2) is 8.09. The van der Waals surface area contributed by atoms with Gasteiger partial charge in [0.05, 0.1) is 11.0 Å². The summed E-state index contributed by atoms with van der Waals surface area (Å²) < 4.78 is 0. The molecule has 2 heterocycles. The van der Waals surface area contributed by atoms with Crippen LogP contribution in [0, 0.1) is 10.1 Å². The number of urea groups is 1. The number of nitro benzene ring substituents is 1. The van der Waals surface area contributed by atoms with Crippen molar-refractivity contribution >= 4 is 28.7 Å². The molecule has 8 heteroatoms. The fourth-order valence-electron chi connectivity index (χ4n) is 3.01. The van der Waals surface area contributed by atoms with Gasteiger partial charge in [-0.3, -0.25) is 15.0 Å². The van der Waals surface area contributed by atoms with Gasteiger partial charge in [-0.2, -0.15) is 0 Å². The zero-order valence-corrected chi connectivity index (χ0v) is 14.5. The van der Waals surface area contributed by atoms with Crippen molar-refractivity contribution in [2.75, 3.05) is 25.0 Å². The maximum Gasteiger partial charge on any atom is 0.319 e. The third-order valence-corrected chi connectivity index (χ3v) is 5.20. The summed E-state index contributed by atoms with van der Waals surface area (Å²) in [4.78, 5) is 26.1. The van der Waals surface area contributed by atoms with Crippen LogP contribution in [0.15, 0.2) is 41.8 Å². The highest BCUT2D eigenvalue weighted by Gasteiger charge is 2.24. The summed E-state index contributed by atoms with van der Waals surface area (Å²) in [7, 11) is 0. The number of benzene rings is 1. The predicted molar refractivity (Wildman–Crippen MR) is 98.0 cm³/mol. The van der Waals surface area contributed by atoms with E-state index in [1.807, 2.05) is 11.4 Å². The van der Waals surface area contributed by atoms with Crippen LogP contribution in [-0.2, 0) is 0 Å². The van der Waals surface area contributed by atoms with Gasteiger partial charge < -0.3 is 10.6 Å². The summed E-state index contributed by atoms with van der Waals surface area (Å²) in [6, 6.07) is 9.83. The summed E-state index contributed by atoms with van der Waals surface area (Å²) in [5.41, 5.74) is 0.354. The highest BCUT2D eigenvalue weighted by molar-refractivity contribution is 7.10. The number of hydrogen-bond donors (Lipinski definition) is 2. The van der Waals surface area contributed by atoms with Crippen molar-refractivity contribution in [3.8, 4) is 0 Å². The Hall–Kier alpha value is -2.45. The molecule has 2 N–H and O–H groups in total. The van der Waals surface area contributed by atoms with E-state index in [4.69, 9.17) is 0 Å². The van der Waals surface area contributed by atoms with Gasteiger partial charge in [0.1, 0.15) is 0 Å². The summed E-state index contributed by atoms with van der Waals surface area (Å²) in [5.74, 6) is 0. The molecule has 0 saturated carbocycles. The molecule has 2 amide bonds. The number of hydrogen-bond acceptors (Lipinski definition) is 5. The van der Waals surface area contributed by atoms with Crippen LogP contribution in [0.4, 0.5) is 16.2 Å². The number of non-ortho nitro benzene ring substituents is 1.